The van der Waals surface area contributed by atoms with Crippen LogP contribution in [0.25, 0.3) is 0 Å². The molecule has 0 radical (unpaired) electrons. The van der Waals surface area contributed by atoms with Gasteiger partial charge in [-0.15, -0.1) is 5.10 Å². The van der Waals surface area contributed by atoms with Crippen molar-refractivity contribution in [2.24, 2.45) is 0 Å². The second-order valence-electron chi connectivity index (χ2n) is 3.61. The van der Waals surface area contributed by atoms with Crippen molar-refractivity contribution in [2.45, 2.75) is 31.3 Å². The topological polar surface area (TPSA) is 62.7 Å². The van der Waals surface area contributed by atoms with Crippen LogP contribution in [0.5, 0.6) is 0 Å². The van der Waals surface area contributed by atoms with Gasteiger partial charge in [-0.25, -0.2) is 4.98 Å². The number of nitrogens with zero attached hydrogens (tertiary/aromatic N) is 3. The summed E-state index contributed by atoms with van der Waals surface area (Å²) in [6, 6.07) is 1.11. The van der Waals surface area contributed by atoms with E-state index >= 15 is 0 Å². The molecule has 1 heterocycles. The molecular weight excluding hydrogens is 178 g/mol. The first-order valence-electron chi connectivity index (χ1n) is 4.96. The molecule has 0 spiro atoms. The van der Waals surface area contributed by atoms with Crippen LogP contribution < -0.4 is 10.6 Å². The van der Waals surface area contributed by atoms with Crippen LogP contribution in [0.3, 0.4) is 0 Å². The Balaban J connectivity index is 1.88. The monoisotopic (exact) mass is 193 g/mol. The molecule has 1 aliphatic carbocycles. The molecule has 0 bridgehead atoms. The van der Waals surface area contributed by atoms with E-state index in [0.29, 0.717) is 18.0 Å². The van der Waals surface area contributed by atoms with Crippen molar-refractivity contribution < 1.29 is 0 Å². The summed E-state index contributed by atoms with van der Waals surface area (Å²) in [6.45, 7) is 0. The third kappa shape index (κ3) is 2.17. The van der Waals surface area contributed by atoms with E-state index in [9.17, 15) is 0 Å². The number of nitrogens with one attached hydrogen (secondary N) is 2. The van der Waals surface area contributed by atoms with Crippen molar-refractivity contribution in [1.29, 1.82) is 0 Å². The zero-order valence-electron chi connectivity index (χ0n) is 8.27. The van der Waals surface area contributed by atoms with Gasteiger partial charge in [0.15, 0.2) is 0 Å². The minimum absolute atomic E-state index is 0.483. The molecular formula is C9H15N5. The molecule has 5 nitrogen and oxygen atoms in total. The van der Waals surface area contributed by atoms with Crippen LogP contribution in [-0.4, -0.2) is 34.3 Å². The highest BCUT2D eigenvalue weighted by atomic mass is 15.2. The third-order valence-corrected chi connectivity index (χ3v) is 2.66. The molecule has 0 saturated heterocycles. The Morgan fingerprint density at radius 3 is 2.79 bits per heavy atom. The predicted molar refractivity (Wildman–Crippen MR) is 53.9 cm³/mol. The molecule has 2 N–H and O–H groups in total. The molecule has 1 fully saturated rings. The number of anilines is 1. The molecule has 2 atom stereocenters. The highest BCUT2D eigenvalue weighted by molar-refractivity contribution is 5.23. The van der Waals surface area contributed by atoms with Gasteiger partial charge in [0, 0.05) is 12.1 Å². The minimum Gasteiger partial charge on any atom is -0.350 e. The van der Waals surface area contributed by atoms with Gasteiger partial charge >= 0.3 is 0 Å². The summed E-state index contributed by atoms with van der Waals surface area (Å²) in [4.78, 5) is 4.09. The first-order valence-corrected chi connectivity index (χ1v) is 4.96. The van der Waals surface area contributed by atoms with E-state index in [1.807, 2.05) is 7.05 Å². The zero-order chi connectivity index (χ0) is 9.80. The van der Waals surface area contributed by atoms with E-state index in [4.69, 9.17) is 0 Å². The van der Waals surface area contributed by atoms with E-state index < -0.39 is 0 Å². The lowest BCUT2D eigenvalue weighted by Gasteiger charge is -2.11. The Bertz CT molecular complexity index is 276. The van der Waals surface area contributed by atoms with Crippen molar-refractivity contribution in [3.63, 3.8) is 0 Å². The molecule has 0 amide bonds. The largest absolute Gasteiger partial charge is 0.350 e. The van der Waals surface area contributed by atoms with Gasteiger partial charge in [0.1, 0.15) is 0 Å². The Morgan fingerprint density at radius 2 is 2.14 bits per heavy atom. The third-order valence-electron chi connectivity index (χ3n) is 2.66. The highest BCUT2D eigenvalue weighted by Gasteiger charge is 2.23. The van der Waals surface area contributed by atoms with Gasteiger partial charge in [-0.1, -0.05) is 0 Å². The first-order chi connectivity index (χ1) is 6.88. The standard InChI is InChI=1S/C9H15N5/c1-10-7-2-3-8(6-7)13-9-11-4-5-12-14-9/h4-5,7-8,10H,2-3,6H2,1H3,(H,11,13,14). The predicted octanol–water partition coefficient (Wildman–Crippen LogP) is 0.424. The Hall–Kier alpha value is -1.23. The summed E-state index contributed by atoms with van der Waals surface area (Å²) in [5, 5.41) is 14.2. The second-order valence-corrected chi connectivity index (χ2v) is 3.61. The Labute approximate surface area is 83.3 Å². The normalized spacial score (nSPS) is 26.4. The van der Waals surface area contributed by atoms with Gasteiger partial charge in [-0.05, 0) is 26.3 Å². The van der Waals surface area contributed by atoms with Crippen LogP contribution in [0.1, 0.15) is 19.3 Å². The van der Waals surface area contributed by atoms with E-state index in [-0.39, 0.29) is 0 Å². The first kappa shape index (κ1) is 9.33. The van der Waals surface area contributed by atoms with E-state index in [1.54, 1.807) is 12.4 Å². The van der Waals surface area contributed by atoms with Crippen molar-refractivity contribution in [3.05, 3.63) is 12.4 Å². The molecule has 14 heavy (non-hydrogen) atoms. The Morgan fingerprint density at radius 1 is 1.29 bits per heavy atom. The summed E-state index contributed by atoms with van der Waals surface area (Å²) < 4.78 is 0. The highest BCUT2D eigenvalue weighted by Crippen LogP contribution is 2.20. The lowest BCUT2D eigenvalue weighted by molar-refractivity contribution is 0.575. The van der Waals surface area contributed by atoms with E-state index in [0.717, 1.165) is 6.42 Å². The summed E-state index contributed by atoms with van der Waals surface area (Å²) >= 11 is 0. The van der Waals surface area contributed by atoms with Crippen LogP contribution in [0.4, 0.5) is 5.95 Å². The number of hydrogen-bond acceptors (Lipinski definition) is 5. The summed E-state index contributed by atoms with van der Waals surface area (Å²) in [5.74, 6) is 0.634. The maximum Gasteiger partial charge on any atom is 0.242 e. The summed E-state index contributed by atoms with van der Waals surface area (Å²) in [7, 11) is 2.01. The van der Waals surface area contributed by atoms with Crippen LogP contribution in [0.15, 0.2) is 12.4 Å². The molecule has 1 aromatic heterocycles. The van der Waals surface area contributed by atoms with Gasteiger partial charge in [0.25, 0.3) is 0 Å². The minimum atomic E-state index is 0.483. The fourth-order valence-electron chi connectivity index (χ4n) is 1.87. The molecule has 0 aromatic carbocycles. The van der Waals surface area contributed by atoms with E-state index in [1.165, 1.54) is 12.8 Å². The smallest absolute Gasteiger partial charge is 0.242 e. The maximum absolute atomic E-state index is 4.09. The average Bonchev–Trinajstić information content (AvgIpc) is 2.67. The van der Waals surface area contributed by atoms with Crippen molar-refractivity contribution in [1.82, 2.24) is 20.5 Å². The van der Waals surface area contributed by atoms with Gasteiger partial charge in [-0.3, -0.25) is 0 Å². The average molecular weight is 193 g/mol. The second kappa shape index (κ2) is 4.32. The quantitative estimate of drug-likeness (QED) is 0.728. The molecule has 76 valence electrons. The summed E-state index contributed by atoms with van der Waals surface area (Å²) in [5.41, 5.74) is 0. The van der Waals surface area contributed by atoms with Crippen molar-refractivity contribution in [2.75, 3.05) is 12.4 Å². The van der Waals surface area contributed by atoms with Gasteiger partial charge < -0.3 is 10.6 Å². The molecule has 1 saturated carbocycles. The Kier molecular flexibility index (Phi) is 2.88. The van der Waals surface area contributed by atoms with Gasteiger partial charge in [0.05, 0.1) is 12.4 Å². The fraction of sp³-hybridized carbons (Fsp3) is 0.667. The molecule has 5 heteroatoms. The molecule has 2 unspecified atom stereocenters. The molecule has 1 aliphatic rings. The SMILES string of the molecule is CNC1CCC(Nc2nccnn2)C1. The fourth-order valence-corrected chi connectivity index (χ4v) is 1.87. The van der Waals surface area contributed by atoms with Crippen molar-refractivity contribution in [3.8, 4) is 0 Å². The number of aromatic nitrogens is 3. The van der Waals surface area contributed by atoms with Crippen LogP contribution in [0.2, 0.25) is 0 Å². The van der Waals surface area contributed by atoms with Gasteiger partial charge in [0.2, 0.25) is 5.95 Å². The lowest BCUT2D eigenvalue weighted by atomic mass is 10.2. The number of hydrogen-bond donors (Lipinski definition) is 2. The lowest BCUT2D eigenvalue weighted by Crippen LogP contribution is -2.24. The molecule has 0 aliphatic heterocycles. The molecule has 2 rings (SSSR count). The maximum atomic E-state index is 4.09. The summed E-state index contributed by atoms with van der Waals surface area (Å²) in [6.07, 6.45) is 6.75. The van der Waals surface area contributed by atoms with E-state index in [2.05, 4.69) is 25.8 Å². The van der Waals surface area contributed by atoms with Crippen LogP contribution >= 0.6 is 0 Å². The van der Waals surface area contributed by atoms with Crippen LogP contribution in [0, 0.1) is 0 Å². The zero-order valence-corrected chi connectivity index (χ0v) is 8.27. The van der Waals surface area contributed by atoms with Crippen LogP contribution in [-0.2, 0) is 0 Å². The van der Waals surface area contributed by atoms with Gasteiger partial charge in [-0.2, -0.15) is 5.10 Å². The molecule has 1 aromatic rings. The van der Waals surface area contributed by atoms with Crippen molar-refractivity contribution >= 4 is 5.95 Å². The number of rotatable bonds is 3.